The van der Waals surface area contributed by atoms with E-state index in [4.69, 9.17) is 4.74 Å². The molecule has 2 aromatic heterocycles. The SMILES string of the molecule is CC(C)c1ccc(COc2ccc(C3=C(c4ccncc4)[N+]4=C3C(=O)N(CCS(C)(=O)=O)CC4)cn2)cc1. The zero-order valence-electron chi connectivity index (χ0n) is 21.8. The van der Waals surface area contributed by atoms with Crippen LogP contribution in [0.25, 0.3) is 11.3 Å². The lowest BCUT2D eigenvalue weighted by atomic mass is 9.88. The number of carbonyl (C=O) groups excluding carboxylic acids is 1. The van der Waals surface area contributed by atoms with Crippen molar-refractivity contribution < 1.29 is 22.5 Å². The summed E-state index contributed by atoms with van der Waals surface area (Å²) in [6.07, 6.45) is 6.36. The maximum Gasteiger partial charge on any atom is 0.319 e. The van der Waals surface area contributed by atoms with Crippen molar-refractivity contribution in [3.05, 3.63) is 89.4 Å². The molecule has 2 aliphatic heterocycles. The molecule has 0 spiro atoms. The van der Waals surface area contributed by atoms with E-state index in [-0.39, 0.29) is 18.2 Å². The smallest absolute Gasteiger partial charge is 0.319 e. The molecule has 0 saturated carbocycles. The van der Waals surface area contributed by atoms with Crippen LogP contribution in [0.1, 0.15) is 42.0 Å². The summed E-state index contributed by atoms with van der Waals surface area (Å²) in [7, 11) is -3.18. The fraction of sp³-hybridized carbons (Fsp3) is 0.310. The van der Waals surface area contributed by atoms with E-state index in [0.717, 1.165) is 28.0 Å². The van der Waals surface area contributed by atoms with Gasteiger partial charge < -0.3 is 9.64 Å². The van der Waals surface area contributed by atoms with E-state index in [9.17, 15) is 13.2 Å². The van der Waals surface area contributed by atoms with Crippen molar-refractivity contribution in [3.63, 3.8) is 0 Å². The minimum Gasteiger partial charge on any atom is -0.473 e. The minimum absolute atomic E-state index is 0.0595. The molecule has 0 fully saturated rings. The van der Waals surface area contributed by atoms with E-state index in [1.807, 2.05) is 28.8 Å². The second-order valence-electron chi connectivity index (χ2n) is 9.95. The molecule has 0 radical (unpaired) electrons. The first-order valence-electron chi connectivity index (χ1n) is 12.7. The number of aromatic nitrogens is 2. The first kappa shape index (κ1) is 25.8. The van der Waals surface area contributed by atoms with E-state index < -0.39 is 9.84 Å². The summed E-state index contributed by atoms with van der Waals surface area (Å²) in [5.74, 6) is 0.751. The van der Waals surface area contributed by atoms with E-state index >= 15 is 0 Å². The molecule has 0 saturated heterocycles. The number of ether oxygens (including phenoxy) is 1. The van der Waals surface area contributed by atoms with Crippen molar-refractivity contribution in [3.8, 4) is 5.88 Å². The molecule has 3 aromatic rings. The summed E-state index contributed by atoms with van der Waals surface area (Å²) < 4.78 is 31.3. The first-order chi connectivity index (χ1) is 18.2. The molecule has 8 nitrogen and oxygen atoms in total. The van der Waals surface area contributed by atoms with Gasteiger partial charge in [-0.3, -0.25) is 9.78 Å². The molecule has 0 bridgehead atoms. The fourth-order valence-electron chi connectivity index (χ4n) is 4.70. The quantitative estimate of drug-likeness (QED) is 0.393. The van der Waals surface area contributed by atoms with Crippen LogP contribution in [0, 0.1) is 0 Å². The molecule has 0 aliphatic carbocycles. The predicted octanol–water partition coefficient (Wildman–Crippen LogP) is 3.40. The molecule has 0 unspecified atom stereocenters. The highest BCUT2D eigenvalue weighted by Gasteiger charge is 2.49. The highest BCUT2D eigenvalue weighted by molar-refractivity contribution is 7.90. The highest BCUT2D eigenvalue weighted by Crippen LogP contribution is 2.38. The second-order valence-corrected chi connectivity index (χ2v) is 12.2. The lowest BCUT2D eigenvalue weighted by Crippen LogP contribution is -2.54. The first-order valence-corrected chi connectivity index (χ1v) is 14.7. The number of hydrogen-bond acceptors (Lipinski definition) is 6. The number of hydrogen-bond donors (Lipinski definition) is 0. The van der Waals surface area contributed by atoms with Crippen LogP contribution in [0.3, 0.4) is 0 Å². The van der Waals surface area contributed by atoms with Crippen molar-refractivity contribution in [1.29, 1.82) is 0 Å². The van der Waals surface area contributed by atoms with Gasteiger partial charge in [0.25, 0.3) is 5.71 Å². The van der Waals surface area contributed by atoms with E-state index in [0.29, 0.717) is 37.2 Å². The Morgan fingerprint density at radius 3 is 2.39 bits per heavy atom. The van der Waals surface area contributed by atoms with Gasteiger partial charge in [0, 0.05) is 43.0 Å². The molecule has 38 heavy (non-hydrogen) atoms. The van der Waals surface area contributed by atoms with E-state index in [1.54, 1.807) is 23.5 Å². The Bertz CT molecular complexity index is 1510. The molecular formula is C29H31N4O4S+. The summed E-state index contributed by atoms with van der Waals surface area (Å²) in [4.78, 5) is 23.7. The third-order valence-electron chi connectivity index (χ3n) is 6.84. The van der Waals surface area contributed by atoms with Crippen LogP contribution >= 0.6 is 0 Å². The monoisotopic (exact) mass is 531 g/mol. The highest BCUT2D eigenvalue weighted by atomic mass is 32.2. The van der Waals surface area contributed by atoms with Crippen molar-refractivity contribution in [2.24, 2.45) is 0 Å². The van der Waals surface area contributed by atoms with Crippen LogP contribution in [0.2, 0.25) is 0 Å². The molecule has 196 valence electrons. The molecule has 1 amide bonds. The molecule has 1 aromatic carbocycles. The zero-order chi connectivity index (χ0) is 26.9. The Kier molecular flexibility index (Phi) is 7.12. The van der Waals surface area contributed by atoms with Gasteiger partial charge in [-0.15, -0.1) is 0 Å². The summed E-state index contributed by atoms with van der Waals surface area (Å²) in [6.45, 7) is 5.98. The van der Waals surface area contributed by atoms with E-state index in [2.05, 4.69) is 48.1 Å². The Balaban J connectivity index is 1.37. The summed E-state index contributed by atoms with van der Waals surface area (Å²) in [5.41, 5.74) is 6.42. The maximum absolute atomic E-state index is 13.4. The number of carbonyl (C=O) groups is 1. The largest absolute Gasteiger partial charge is 0.473 e. The second kappa shape index (κ2) is 10.5. The van der Waals surface area contributed by atoms with Gasteiger partial charge in [-0.2, -0.15) is 4.58 Å². The number of pyridine rings is 2. The van der Waals surface area contributed by atoms with Crippen LogP contribution in [0.15, 0.2) is 67.1 Å². The molecule has 2 aliphatic rings. The van der Waals surface area contributed by atoms with E-state index in [1.165, 1.54) is 11.8 Å². The number of amides is 1. The van der Waals surface area contributed by atoms with Crippen LogP contribution in [0.4, 0.5) is 0 Å². The third kappa shape index (κ3) is 5.38. The Morgan fingerprint density at radius 1 is 1.03 bits per heavy atom. The Hall–Kier alpha value is -3.85. The van der Waals surface area contributed by atoms with Crippen LogP contribution in [0.5, 0.6) is 5.88 Å². The van der Waals surface area contributed by atoms with Gasteiger partial charge >= 0.3 is 5.91 Å². The number of rotatable bonds is 9. The Labute approximate surface area is 223 Å². The van der Waals surface area contributed by atoms with Crippen LogP contribution in [-0.4, -0.2) is 71.1 Å². The van der Waals surface area contributed by atoms with Crippen molar-refractivity contribution in [2.75, 3.05) is 31.6 Å². The topological polar surface area (TPSA) is 92.5 Å². The fourth-order valence-corrected chi connectivity index (χ4v) is 5.25. The van der Waals surface area contributed by atoms with Gasteiger partial charge in [-0.05, 0) is 35.2 Å². The average Bonchev–Trinajstić information content (AvgIpc) is 2.89. The predicted molar refractivity (Wildman–Crippen MR) is 147 cm³/mol. The minimum atomic E-state index is -3.18. The lowest BCUT2D eigenvalue weighted by Gasteiger charge is -2.32. The van der Waals surface area contributed by atoms with Crippen molar-refractivity contribution in [1.82, 2.24) is 14.9 Å². The molecule has 0 N–H and O–H groups in total. The van der Waals surface area contributed by atoms with Crippen molar-refractivity contribution in [2.45, 2.75) is 26.4 Å². The summed E-state index contributed by atoms with van der Waals surface area (Å²) >= 11 is 0. The average molecular weight is 532 g/mol. The normalized spacial score (nSPS) is 15.6. The number of nitrogens with zero attached hydrogens (tertiary/aromatic N) is 4. The molecule has 4 heterocycles. The van der Waals surface area contributed by atoms with Crippen LogP contribution < -0.4 is 4.74 Å². The van der Waals surface area contributed by atoms with Gasteiger partial charge in [0.1, 0.15) is 22.0 Å². The van der Waals surface area contributed by atoms with Crippen LogP contribution in [-0.2, 0) is 21.2 Å². The number of benzene rings is 1. The summed E-state index contributed by atoms with van der Waals surface area (Å²) in [6, 6.07) is 15.9. The zero-order valence-corrected chi connectivity index (χ0v) is 22.6. The van der Waals surface area contributed by atoms with Crippen molar-refractivity contribution >= 4 is 32.7 Å². The molecule has 5 rings (SSSR count). The van der Waals surface area contributed by atoms with Gasteiger partial charge in [0.2, 0.25) is 11.6 Å². The van der Waals surface area contributed by atoms with Gasteiger partial charge in [0.05, 0.1) is 17.9 Å². The maximum atomic E-state index is 13.4. The number of sulfone groups is 1. The lowest BCUT2D eigenvalue weighted by molar-refractivity contribution is -0.442. The summed E-state index contributed by atoms with van der Waals surface area (Å²) in [5, 5.41) is 0. The molecule has 0 atom stereocenters. The van der Waals surface area contributed by atoms with Gasteiger partial charge in [-0.25, -0.2) is 13.4 Å². The molecule has 9 heteroatoms. The third-order valence-corrected chi connectivity index (χ3v) is 7.76. The standard InChI is InChI=1S/C29H31N4O4S/c1-20(2)22-6-4-21(5-7-22)19-37-25-9-8-24(18-31-25)26-27(23-10-12-30-13-11-23)33-15-14-32(29(34)28(26)33)16-17-38(3,35)36/h4-13,18,20H,14-17,19H2,1-3H3/q+1. The Morgan fingerprint density at radius 2 is 1.76 bits per heavy atom. The molecular weight excluding hydrogens is 500 g/mol. The van der Waals surface area contributed by atoms with Gasteiger partial charge in [0.15, 0.2) is 6.54 Å². The van der Waals surface area contributed by atoms with Gasteiger partial charge in [-0.1, -0.05) is 38.1 Å².